The quantitative estimate of drug-likeness (QED) is 0.510. The van der Waals surface area contributed by atoms with Crippen molar-refractivity contribution in [2.45, 2.75) is 12.8 Å². The molecule has 0 radical (unpaired) electrons. The number of carboxylic acid groups (broad SMARTS) is 1. The minimum Gasteiger partial charge on any atom is -0.480 e. The van der Waals surface area contributed by atoms with Crippen LogP contribution in [0.5, 0.6) is 5.75 Å². The molecule has 2 N–H and O–H groups in total. The maximum atomic E-state index is 11.7. The number of amides is 1. The first-order chi connectivity index (χ1) is 10.5. The van der Waals surface area contributed by atoms with Crippen molar-refractivity contribution in [2.24, 2.45) is 0 Å². The highest BCUT2D eigenvalue weighted by molar-refractivity contribution is 6.32. The van der Waals surface area contributed by atoms with E-state index in [0.717, 1.165) is 0 Å². The molecule has 120 valence electrons. The van der Waals surface area contributed by atoms with Crippen LogP contribution in [0.25, 0.3) is 0 Å². The maximum Gasteiger partial charge on any atom is 0.341 e. The Balaban J connectivity index is 2.42. The van der Waals surface area contributed by atoms with Gasteiger partial charge in [-0.2, -0.15) is 0 Å². The van der Waals surface area contributed by atoms with Crippen molar-refractivity contribution in [3.63, 3.8) is 0 Å². The zero-order valence-electron chi connectivity index (χ0n) is 12.0. The molecule has 0 aliphatic carbocycles. The van der Waals surface area contributed by atoms with Gasteiger partial charge in [0, 0.05) is 18.7 Å². The number of ether oxygens (including phenoxy) is 2. The third-order valence-corrected chi connectivity index (χ3v) is 2.79. The first kappa shape index (κ1) is 18.0. The molecule has 6 nitrogen and oxygen atoms in total. The number of rotatable bonds is 10. The lowest BCUT2D eigenvalue weighted by Gasteiger charge is -2.09. The molecule has 0 heterocycles. The van der Waals surface area contributed by atoms with Crippen LogP contribution in [-0.4, -0.2) is 36.8 Å². The molecule has 0 spiro atoms. The predicted molar refractivity (Wildman–Crippen MR) is 83.5 cm³/mol. The summed E-state index contributed by atoms with van der Waals surface area (Å²) >= 11 is 5.96. The molecule has 0 saturated heterocycles. The average molecular weight is 328 g/mol. The molecule has 7 heteroatoms. The second-order valence-electron chi connectivity index (χ2n) is 4.34. The van der Waals surface area contributed by atoms with Gasteiger partial charge in [0.2, 0.25) is 5.91 Å². The smallest absolute Gasteiger partial charge is 0.341 e. The molecule has 0 aliphatic heterocycles. The van der Waals surface area contributed by atoms with Gasteiger partial charge in [0.25, 0.3) is 0 Å². The Labute approximate surface area is 133 Å². The molecule has 1 amide bonds. The van der Waals surface area contributed by atoms with Crippen molar-refractivity contribution in [3.05, 3.63) is 35.9 Å². The van der Waals surface area contributed by atoms with Gasteiger partial charge in [0.15, 0.2) is 6.61 Å². The second-order valence-corrected chi connectivity index (χ2v) is 4.75. The van der Waals surface area contributed by atoms with Crippen molar-refractivity contribution >= 4 is 29.2 Å². The average Bonchev–Trinajstić information content (AvgIpc) is 2.46. The number of nitrogens with one attached hydrogen (secondary N) is 1. The predicted octanol–water partition coefficient (Wildman–Crippen LogP) is 2.72. The normalized spacial score (nSPS) is 10.0. The first-order valence-corrected chi connectivity index (χ1v) is 7.03. The maximum absolute atomic E-state index is 11.7. The fraction of sp³-hybridized carbons (Fsp3) is 0.333. The van der Waals surface area contributed by atoms with Gasteiger partial charge >= 0.3 is 5.97 Å². The Bertz CT molecular complexity index is 533. The van der Waals surface area contributed by atoms with Crippen molar-refractivity contribution in [2.75, 3.05) is 25.1 Å². The summed E-state index contributed by atoms with van der Waals surface area (Å²) in [7, 11) is 0. The van der Waals surface area contributed by atoms with Gasteiger partial charge in [-0.3, -0.25) is 4.79 Å². The minimum atomic E-state index is -1.09. The van der Waals surface area contributed by atoms with E-state index in [2.05, 4.69) is 11.9 Å². The number of carboxylic acids is 1. The van der Waals surface area contributed by atoms with E-state index >= 15 is 0 Å². The van der Waals surface area contributed by atoms with Crippen molar-refractivity contribution in [1.29, 1.82) is 0 Å². The number of aliphatic carboxylic acids is 1. The SMILES string of the molecule is C=CCOCCCC(=O)Nc1ccc(OCC(=O)O)c(Cl)c1. The molecule has 22 heavy (non-hydrogen) atoms. The molecule has 0 unspecified atom stereocenters. The molecule has 1 aromatic carbocycles. The van der Waals surface area contributed by atoms with Crippen LogP contribution in [0.3, 0.4) is 0 Å². The summed E-state index contributed by atoms with van der Waals surface area (Å²) < 4.78 is 10.2. The Hall–Kier alpha value is -2.05. The van der Waals surface area contributed by atoms with E-state index in [-0.39, 0.29) is 16.7 Å². The summed E-state index contributed by atoms with van der Waals surface area (Å²) in [6.45, 7) is 4.01. The fourth-order valence-electron chi connectivity index (χ4n) is 1.56. The first-order valence-electron chi connectivity index (χ1n) is 6.65. The van der Waals surface area contributed by atoms with Gasteiger partial charge < -0.3 is 19.9 Å². The highest BCUT2D eigenvalue weighted by Gasteiger charge is 2.07. The number of hydrogen-bond donors (Lipinski definition) is 2. The molecule has 0 aliphatic rings. The van der Waals surface area contributed by atoms with Crippen LogP contribution in [-0.2, 0) is 14.3 Å². The van der Waals surface area contributed by atoms with Gasteiger partial charge in [-0.15, -0.1) is 6.58 Å². The third-order valence-electron chi connectivity index (χ3n) is 2.50. The van der Waals surface area contributed by atoms with E-state index in [9.17, 15) is 9.59 Å². The van der Waals surface area contributed by atoms with E-state index in [4.69, 9.17) is 26.2 Å². The molecule has 1 rings (SSSR count). The van der Waals surface area contributed by atoms with Crippen LogP contribution in [0.4, 0.5) is 5.69 Å². The van der Waals surface area contributed by atoms with Crippen LogP contribution >= 0.6 is 11.6 Å². The zero-order valence-corrected chi connectivity index (χ0v) is 12.8. The van der Waals surface area contributed by atoms with Crippen LogP contribution < -0.4 is 10.1 Å². The van der Waals surface area contributed by atoms with E-state index in [1.807, 2.05) is 0 Å². The highest BCUT2D eigenvalue weighted by atomic mass is 35.5. The van der Waals surface area contributed by atoms with Gasteiger partial charge in [-0.05, 0) is 24.6 Å². The standard InChI is InChI=1S/C15H18ClNO5/c1-2-7-21-8-3-4-14(18)17-11-5-6-13(12(16)9-11)22-10-15(19)20/h2,5-6,9H,1,3-4,7-8,10H2,(H,17,18)(H,19,20). The monoisotopic (exact) mass is 327 g/mol. The topological polar surface area (TPSA) is 84.9 Å². The van der Waals surface area contributed by atoms with Gasteiger partial charge in [-0.1, -0.05) is 17.7 Å². The number of carbonyl (C=O) groups excluding carboxylic acids is 1. The molecule has 0 aromatic heterocycles. The van der Waals surface area contributed by atoms with Gasteiger partial charge in [0.05, 0.1) is 11.6 Å². The van der Waals surface area contributed by atoms with Crippen LogP contribution in [0, 0.1) is 0 Å². The Morgan fingerprint density at radius 3 is 2.82 bits per heavy atom. The van der Waals surface area contributed by atoms with Gasteiger partial charge in [0.1, 0.15) is 5.75 Å². The molecule has 0 fully saturated rings. The summed E-state index contributed by atoms with van der Waals surface area (Å²) in [5, 5.41) is 11.5. The number of halogens is 1. The third kappa shape index (κ3) is 7.10. The number of benzene rings is 1. The van der Waals surface area contributed by atoms with Gasteiger partial charge in [-0.25, -0.2) is 4.79 Å². The molecule has 0 atom stereocenters. The largest absolute Gasteiger partial charge is 0.480 e. The summed E-state index contributed by atoms with van der Waals surface area (Å²) in [6, 6.07) is 4.61. The van der Waals surface area contributed by atoms with Crippen LogP contribution in [0.15, 0.2) is 30.9 Å². The Kier molecular flexibility index (Phi) is 8.03. The molecule has 0 bridgehead atoms. The molecular formula is C15H18ClNO5. The number of carbonyl (C=O) groups is 2. The summed E-state index contributed by atoms with van der Waals surface area (Å²) in [5.41, 5.74) is 0.518. The zero-order chi connectivity index (χ0) is 16.4. The second kappa shape index (κ2) is 9.81. The van der Waals surface area contributed by atoms with Crippen molar-refractivity contribution in [1.82, 2.24) is 0 Å². The summed E-state index contributed by atoms with van der Waals surface area (Å²) in [6.07, 6.45) is 2.58. The Morgan fingerprint density at radius 2 is 2.18 bits per heavy atom. The molecule has 1 aromatic rings. The summed E-state index contributed by atoms with van der Waals surface area (Å²) in [5.74, 6) is -0.996. The van der Waals surface area contributed by atoms with E-state index in [1.165, 1.54) is 12.1 Å². The van der Waals surface area contributed by atoms with E-state index in [0.29, 0.717) is 31.7 Å². The Morgan fingerprint density at radius 1 is 1.41 bits per heavy atom. The lowest BCUT2D eigenvalue weighted by Crippen LogP contribution is -2.13. The number of anilines is 1. The molecular weight excluding hydrogens is 310 g/mol. The van der Waals surface area contributed by atoms with Crippen LogP contribution in [0.1, 0.15) is 12.8 Å². The van der Waals surface area contributed by atoms with Crippen LogP contribution in [0.2, 0.25) is 5.02 Å². The minimum absolute atomic E-state index is 0.155. The van der Waals surface area contributed by atoms with Crippen molar-refractivity contribution in [3.8, 4) is 5.75 Å². The van der Waals surface area contributed by atoms with Crippen molar-refractivity contribution < 1.29 is 24.2 Å². The number of hydrogen-bond acceptors (Lipinski definition) is 4. The van der Waals surface area contributed by atoms with E-state index in [1.54, 1.807) is 12.1 Å². The highest BCUT2D eigenvalue weighted by Crippen LogP contribution is 2.27. The summed E-state index contributed by atoms with van der Waals surface area (Å²) in [4.78, 5) is 22.1. The fourth-order valence-corrected chi connectivity index (χ4v) is 1.80. The lowest BCUT2D eigenvalue weighted by atomic mass is 10.2. The molecule has 0 saturated carbocycles. The van der Waals surface area contributed by atoms with E-state index < -0.39 is 12.6 Å². The lowest BCUT2D eigenvalue weighted by molar-refractivity contribution is -0.139.